The Balaban J connectivity index is 1.15. The van der Waals surface area contributed by atoms with Crippen LogP contribution in [0.5, 0.6) is 0 Å². The highest BCUT2D eigenvalue weighted by atomic mass is 32.1. The Morgan fingerprint density at radius 3 is 2.54 bits per heavy atom. The average Bonchev–Trinajstić information content (AvgIpc) is 3.68. The second-order valence-corrected chi connectivity index (χ2v) is 11.4. The average molecular weight is 567 g/mol. The van der Waals surface area contributed by atoms with Gasteiger partial charge >= 0.3 is 6.03 Å². The van der Waals surface area contributed by atoms with Crippen LogP contribution in [0.4, 0.5) is 9.93 Å². The number of carbonyl (C=O) groups excluding carboxylic acids is 3. The fraction of sp³-hybridized carbons (Fsp3) is 0.290. The van der Waals surface area contributed by atoms with E-state index < -0.39 is 17.5 Å². The van der Waals surface area contributed by atoms with Crippen molar-refractivity contribution in [3.8, 4) is 11.8 Å². The van der Waals surface area contributed by atoms with E-state index in [1.54, 1.807) is 22.3 Å². The third kappa shape index (κ3) is 5.22. The molecule has 41 heavy (non-hydrogen) atoms. The number of nitrogens with zero attached hydrogens (tertiary/aromatic N) is 4. The minimum atomic E-state index is -1.55. The second-order valence-electron chi connectivity index (χ2n) is 10.5. The number of benzene rings is 2. The number of hydrogen-bond donors (Lipinski definition) is 2. The maximum absolute atomic E-state index is 13.4. The van der Waals surface area contributed by atoms with Gasteiger partial charge in [-0.2, -0.15) is 0 Å². The molecule has 4 heterocycles. The number of hydrogen-bond acceptors (Lipinski definition) is 7. The molecule has 2 saturated heterocycles. The van der Waals surface area contributed by atoms with Crippen molar-refractivity contribution in [2.45, 2.75) is 25.6 Å². The quantitative estimate of drug-likeness (QED) is 0.352. The van der Waals surface area contributed by atoms with E-state index in [9.17, 15) is 14.4 Å². The van der Waals surface area contributed by atoms with Gasteiger partial charge in [0.1, 0.15) is 0 Å². The van der Waals surface area contributed by atoms with E-state index in [1.807, 2.05) is 54.9 Å². The fourth-order valence-corrected chi connectivity index (χ4v) is 6.29. The molecule has 1 aromatic heterocycles. The van der Waals surface area contributed by atoms with E-state index in [1.165, 1.54) is 5.56 Å². The van der Waals surface area contributed by atoms with Gasteiger partial charge in [-0.25, -0.2) is 9.78 Å². The van der Waals surface area contributed by atoms with E-state index >= 15 is 0 Å². The molecule has 2 aromatic carbocycles. The van der Waals surface area contributed by atoms with E-state index in [4.69, 9.17) is 0 Å². The fourth-order valence-electron chi connectivity index (χ4n) is 5.60. The number of aromatic nitrogens is 1. The summed E-state index contributed by atoms with van der Waals surface area (Å²) >= 11 is 1.67. The summed E-state index contributed by atoms with van der Waals surface area (Å²) in [7, 11) is 0. The lowest BCUT2D eigenvalue weighted by atomic mass is 9.98. The smallest absolute Gasteiger partial charge is 0.323 e. The van der Waals surface area contributed by atoms with Gasteiger partial charge in [0.2, 0.25) is 5.54 Å². The highest BCUT2D eigenvalue weighted by molar-refractivity contribution is 7.13. The van der Waals surface area contributed by atoms with Gasteiger partial charge in [-0.3, -0.25) is 19.8 Å². The van der Waals surface area contributed by atoms with Gasteiger partial charge in [-0.05, 0) is 41.3 Å². The molecule has 2 fully saturated rings. The normalized spacial score (nSPS) is 20.4. The molecule has 0 aliphatic carbocycles. The predicted molar refractivity (Wildman–Crippen MR) is 158 cm³/mol. The molecule has 1 unspecified atom stereocenters. The van der Waals surface area contributed by atoms with E-state index in [0.717, 1.165) is 60.1 Å². The van der Waals surface area contributed by atoms with Crippen LogP contribution >= 0.6 is 11.3 Å². The lowest BCUT2D eigenvalue weighted by Gasteiger charge is -2.34. The molecule has 6 rings (SSSR count). The zero-order chi connectivity index (χ0) is 28.6. The molecule has 2 N–H and O–H groups in total. The largest absolute Gasteiger partial charge is 0.346 e. The van der Waals surface area contributed by atoms with Gasteiger partial charge in [-0.1, -0.05) is 48.8 Å². The van der Waals surface area contributed by atoms with Gasteiger partial charge in [0.15, 0.2) is 5.13 Å². The Morgan fingerprint density at radius 2 is 1.88 bits per heavy atom. The lowest BCUT2D eigenvalue weighted by molar-refractivity contribution is -0.122. The number of fused-ring (bicyclic) bond motifs is 1. The summed E-state index contributed by atoms with van der Waals surface area (Å²) in [6.45, 7) is 10.7. The number of urea groups is 1. The topological polar surface area (TPSA) is 97.9 Å². The molecular weight excluding hydrogens is 536 g/mol. The number of nitrogens with one attached hydrogen (secondary N) is 2. The van der Waals surface area contributed by atoms with Crippen molar-refractivity contribution < 1.29 is 14.4 Å². The van der Waals surface area contributed by atoms with Crippen molar-refractivity contribution in [2.24, 2.45) is 0 Å². The van der Waals surface area contributed by atoms with Gasteiger partial charge in [0, 0.05) is 56.4 Å². The van der Waals surface area contributed by atoms with Crippen molar-refractivity contribution >= 4 is 40.4 Å². The van der Waals surface area contributed by atoms with Crippen molar-refractivity contribution in [2.75, 3.05) is 37.6 Å². The summed E-state index contributed by atoms with van der Waals surface area (Å²) < 4.78 is 0. The van der Waals surface area contributed by atoms with Crippen LogP contribution in [-0.4, -0.2) is 70.9 Å². The molecule has 0 bridgehead atoms. The number of carbonyl (C=O) groups is 3. The highest BCUT2D eigenvalue weighted by Gasteiger charge is 2.48. The molecule has 0 radical (unpaired) electrons. The standard InChI is InChI=1S/C31H30N6O3S/c1-3-25-21(2)4-9-24-19-37(27(38)26(24)25)20-31(28(39)33-29(40)34-31)11-10-22-5-7-23(8-6-22)18-35-13-15-36(16-14-35)30-32-12-17-41-30/h3-9,12,17H,1,13-16,18-20H2,2H3,(H2,33,34,39,40). The maximum atomic E-state index is 13.4. The molecule has 0 spiro atoms. The van der Waals surface area contributed by atoms with Crippen molar-refractivity contribution in [1.29, 1.82) is 0 Å². The number of imide groups is 1. The number of anilines is 1. The summed E-state index contributed by atoms with van der Waals surface area (Å²) in [5.74, 6) is 5.30. The first-order valence-electron chi connectivity index (χ1n) is 13.5. The second kappa shape index (κ2) is 10.8. The van der Waals surface area contributed by atoms with Crippen LogP contribution in [0.25, 0.3) is 6.08 Å². The van der Waals surface area contributed by atoms with E-state index in [-0.39, 0.29) is 12.5 Å². The Bertz CT molecular complexity index is 1580. The minimum Gasteiger partial charge on any atom is -0.346 e. The molecule has 3 aliphatic rings. The molecule has 1 atom stereocenters. The van der Waals surface area contributed by atoms with Crippen LogP contribution < -0.4 is 15.5 Å². The van der Waals surface area contributed by atoms with Gasteiger partial charge in [0.25, 0.3) is 11.8 Å². The summed E-state index contributed by atoms with van der Waals surface area (Å²) in [4.78, 5) is 49.3. The van der Waals surface area contributed by atoms with E-state index in [2.05, 4.69) is 43.8 Å². The Labute approximate surface area is 242 Å². The summed E-state index contributed by atoms with van der Waals surface area (Å²) in [6, 6.07) is 11.2. The van der Waals surface area contributed by atoms with Crippen molar-refractivity contribution in [3.63, 3.8) is 0 Å². The monoisotopic (exact) mass is 566 g/mol. The summed E-state index contributed by atoms with van der Waals surface area (Å²) in [5, 5.41) is 8.06. The summed E-state index contributed by atoms with van der Waals surface area (Å²) in [5.41, 5.74) is 3.54. The molecule has 3 aliphatic heterocycles. The first-order valence-corrected chi connectivity index (χ1v) is 14.4. The van der Waals surface area contributed by atoms with Crippen LogP contribution in [0, 0.1) is 18.8 Å². The molecular formula is C31H30N6O3S. The highest BCUT2D eigenvalue weighted by Crippen LogP contribution is 2.30. The number of thiazole rings is 1. The molecule has 9 nitrogen and oxygen atoms in total. The summed E-state index contributed by atoms with van der Waals surface area (Å²) in [6.07, 6.45) is 3.53. The van der Waals surface area contributed by atoms with Crippen LogP contribution in [0.2, 0.25) is 0 Å². The van der Waals surface area contributed by atoms with Crippen LogP contribution in [-0.2, 0) is 17.9 Å². The Morgan fingerprint density at radius 1 is 1.10 bits per heavy atom. The number of piperazine rings is 1. The van der Waals surface area contributed by atoms with E-state index in [0.29, 0.717) is 12.1 Å². The molecule has 4 amide bonds. The van der Waals surface area contributed by atoms with Gasteiger partial charge < -0.3 is 15.1 Å². The Kier molecular flexibility index (Phi) is 7.07. The van der Waals surface area contributed by atoms with Crippen molar-refractivity contribution in [1.82, 2.24) is 25.4 Å². The number of rotatable bonds is 6. The SMILES string of the molecule is C=Cc1c(C)ccc2c1C(=O)N(CC1(C#Cc3ccc(CN4CCN(c5nccs5)CC4)cc3)NC(=O)NC1=O)C2. The third-order valence-electron chi connectivity index (χ3n) is 7.83. The predicted octanol–water partition coefficient (Wildman–Crippen LogP) is 3.00. The molecule has 10 heteroatoms. The Hall–Kier alpha value is -4.46. The first kappa shape index (κ1) is 26.7. The minimum absolute atomic E-state index is 0.0637. The third-order valence-corrected chi connectivity index (χ3v) is 8.66. The van der Waals surface area contributed by atoms with Crippen LogP contribution in [0.3, 0.4) is 0 Å². The van der Waals surface area contributed by atoms with Gasteiger partial charge in [-0.15, -0.1) is 11.3 Å². The maximum Gasteiger partial charge on any atom is 0.323 e. The van der Waals surface area contributed by atoms with Crippen LogP contribution in [0.1, 0.15) is 38.2 Å². The van der Waals surface area contributed by atoms with Crippen molar-refractivity contribution in [3.05, 3.63) is 87.9 Å². The zero-order valence-electron chi connectivity index (χ0n) is 22.8. The molecule has 208 valence electrons. The van der Waals surface area contributed by atoms with Gasteiger partial charge in [0.05, 0.1) is 12.1 Å². The molecule has 3 aromatic rings. The molecule has 0 saturated carbocycles. The first-order chi connectivity index (χ1) is 19.8. The van der Waals surface area contributed by atoms with Crippen LogP contribution in [0.15, 0.2) is 54.6 Å². The number of aryl methyl sites for hydroxylation is 1. The number of amides is 4. The lowest BCUT2D eigenvalue weighted by Crippen LogP contribution is -2.54. The zero-order valence-corrected chi connectivity index (χ0v) is 23.6.